The van der Waals surface area contributed by atoms with Gasteiger partial charge in [0.15, 0.2) is 5.69 Å². The van der Waals surface area contributed by atoms with Crippen molar-refractivity contribution in [2.75, 3.05) is 5.32 Å². The van der Waals surface area contributed by atoms with Crippen LogP contribution in [0.4, 0.5) is 6.01 Å². The first kappa shape index (κ1) is 14.3. The number of aromatic nitrogens is 4. The van der Waals surface area contributed by atoms with E-state index < -0.39 is 5.91 Å². The highest BCUT2D eigenvalue weighted by atomic mass is 35.5. The number of amides is 1. The summed E-state index contributed by atoms with van der Waals surface area (Å²) in [6, 6.07) is 8.69. The third-order valence-corrected chi connectivity index (χ3v) is 3.28. The molecule has 3 aromatic rings. The van der Waals surface area contributed by atoms with Crippen LogP contribution in [0.5, 0.6) is 0 Å². The average molecular weight is 318 g/mol. The molecule has 1 N–H and O–H groups in total. The zero-order chi connectivity index (χ0) is 15.5. The minimum Gasteiger partial charge on any atom is -0.403 e. The van der Waals surface area contributed by atoms with Crippen LogP contribution in [0.25, 0.3) is 11.5 Å². The quantitative estimate of drug-likeness (QED) is 0.799. The molecule has 0 saturated carbocycles. The van der Waals surface area contributed by atoms with E-state index >= 15 is 0 Å². The number of carbonyl (C=O) groups excluding carboxylic acids is 1. The SMILES string of the molecule is CCn1ccc(C(=O)Nc2nnc(-c3ccccc3Cl)o2)n1. The number of hydrogen-bond donors (Lipinski definition) is 1. The molecule has 3 rings (SSSR count). The Kier molecular flexibility index (Phi) is 3.88. The summed E-state index contributed by atoms with van der Waals surface area (Å²) >= 11 is 6.06. The lowest BCUT2D eigenvalue weighted by atomic mass is 10.2. The van der Waals surface area contributed by atoms with E-state index in [-0.39, 0.29) is 17.6 Å². The topological polar surface area (TPSA) is 85.8 Å². The fourth-order valence-electron chi connectivity index (χ4n) is 1.84. The molecule has 0 atom stereocenters. The Hall–Kier alpha value is -2.67. The monoisotopic (exact) mass is 317 g/mol. The van der Waals surface area contributed by atoms with Crippen LogP contribution in [0.3, 0.4) is 0 Å². The van der Waals surface area contributed by atoms with E-state index in [1.807, 2.05) is 6.92 Å². The molecule has 0 aliphatic rings. The fourth-order valence-corrected chi connectivity index (χ4v) is 2.05. The van der Waals surface area contributed by atoms with E-state index in [0.717, 1.165) is 0 Å². The second kappa shape index (κ2) is 5.98. The molecule has 0 aliphatic heterocycles. The number of anilines is 1. The molecule has 0 bridgehead atoms. The van der Waals surface area contributed by atoms with Crippen LogP contribution in [0.2, 0.25) is 5.02 Å². The second-order valence-electron chi connectivity index (χ2n) is 4.40. The Morgan fingerprint density at radius 1 is 1.32 bits per heavy atom. The van der Waals surface area contributed by atoms with Crippen LogP contribution in [0.15, 0.2) is 40.9 Å². The van der Waals surface area contributed by atoms with Crippen molar-refractivity contribution in [2.45, 2.75) is 13.5 Å². The number of hydrogen-bond acceptors (Lipinski definition) is 5. The van der Waals surface area contributed by atoms with Crippen molar-refractivity contribution in [3.63, 3.8) is 0 Å². The van der Waals surface area contributed by atoms with Gasteiger partial charge < -0.3 is 4.42 Å². The van der Waals surface area contributed by atoms with Gasteiger partial charge in [0.2, 0.25) is 0 Å². The summed E-state index contributed by atoms with van der Waals surface area (Å²) in [4.78, 5) is 12.0. The summed E-state index contributed by atoms with van der Waals surface area (Å²) in [5.41, 5.74) is 0.881. The zero-order valence-corrected chi connectivity index (χ0v) is 12.4. The first-order valence-electron chi connectivity index (χ1n) is 6.60. The number of rotatable bonds is 4. The summed E-state index contributed by atoms with van der Waals surface area (Å²) < 4.78 is 7.05. The van der Waals surface area contributed by atoms with Gasteiger partial charge in [-0.1, -0.05) is 28.8 Å². The molecule has 0 saturated heterocycles. The molecule has 7 nitrogen and oxygen atoms in total. The lowest BCUT2D eigenvalue weighted by molar-refractivity contribution is 0.101. The van der Waals surface area contributed by atoms with E-state index in [9.17, 15) is 4.79 Å². The highest BCUT2D eigenvalue weighted by Crippen LogP contribution is 2.27. The smallest absolute Gasteiger partial charge is 0.322 e. The van der Waals surface area contributed by atoms with Gasteiger partial charge in [-0.05, 0) is 25.1 Å². The van der Waals surface area contributed by atoms with Gasteiger partial charge in [-0.15, -0.1) is 5.10 Å². The molecule has 22 heavy (non-hydrogen) atoms. The minimum atomic E-state index is -0.415. The Morgan fingerprint density at radius 3 is 2.86 bits per heavy atom. The summed E-state index contributed by atoms with van der Waals surface area (Å²) in [5, 5.41) is 14.8. The number of benzene rings is 1. The van der Waals surface area contributed by atoms with Crippen molar-refractivity contribution < 1.29 is 9.21 Å². The van der Waals surface area contributed by atoms with Crippen molar-refractivity contribution in [1.29, 1.82) is 0 Å². The zero-order valence-electron chi connectivity index (χ0n) is 11.7. The number of aryl methyl sites for hydroxylation is 1. The van der Waals surface area contributed by atoms with Gasteiger partial charge in [0, 0.05) is 12.7 Å². The van der Waals surface area contributed by atoms with E-state index in [1.54, 1.807) is 41.2 Å². The molecule has 0 aliphatic carbocycles. The number of nitrogens with one attached hydrogen (secondary N) is 1. The predicted octanol–water partition coefficient (Wildman–Crippen LogP) is 2.86. The van der Waals surface area contributed by atoms with Gasteiger partial charge in [-0.3, -0.25) is 14.8 Å². The van der Waals surface area contributed by atoms with Gasteiger partial charge in [0.25, 0.3) is 11.8 Å². The number of carbonyl (C=O) groups is 1. The molecule has 0 unspecified atom stereocenters. The summed E-state index contributed by atoms with van der Waals surface area (Å²) in [7, 11) is 0. The molecule has 8 heteroatoms. The molecule has 0 fully saturated rings. The molecule has 112 valence electrons. The first-order valence-corrected chi connectivity index (χ1v) is 6.98. The highest BCUT2D eigenvalue weighted by Gasteiger charge is 2.15. The van der Waals surface area contributed by atoms with Crippen LogP contribution < -0.4 is 5.32 Å². The summed E-state index contributed by atoms with van der Waals surface area (Å²) in [5.74, 6) is -0.179. The van der Waals surface area contributed by atoms with E-state index in [1.165, 1.54) is 0 Å². The molecule has 1 aromatic carbocycles. The standard InChI is InChI=1S/C14H12ClN5O2/c1-2-20-8-7-11(19-20)12(21)16-14-18-17-13(22-14)9-5-3-4-6-10(9)15/h3-8H,2H2,1H3,(H,16,18,21). The average Bonchev–Trinajstić information content (AvgIpc) is 3.16. The number of nitrogens with zero attached hydrogens (tertiary/aromatic N) is 4. The van der Waals surface area contributed by atoms with Crippen LogP contribution >= 0.6 is 11.6 Å². The van der Waals surface area contributed by atoms with Gasteiger partial charge in [0.1, 0.15) is 0 Å². The van der Waals surface area contributed by atoms with E-state index in [0.29, 0.717) is 17.1 Å². The minimum absolute atomic E-state index is 0.00836. The first-order chi connectivity index (χ1) is 10.7. The van der Waals surface area contributed by atoms with E-state index in [4.69, 9.17) is 16.0 Å². The third kappa shape index (κ3) is 2.84. The molecular formula is C14H12ClN5O2. The molecule has 2 aromatic heterocycles. The number of halogens is 1. The summed E-state index contributed by atoms with van der Waals surface area (Å²) in [6.07, 6.45) is 1.72. The normalized spacial score (nSPS) is 10.6. The van der Waals surface area contributed by atoms with Gasteiger partial charge in [-0.25, -0.2) is 0 Å². The fraction of sp³-hybridized carbons (Fsp3) is 0.143. The molecule has 0 radical (unpaired) electrons. The van der Waals surface area contributed by atoms with Crippen molar-refractivity contribution in [3.8, 4) is 11.5 Å². The Balaban J connectivity index is 1.77. The van der Waals surface area contributed by atoms with Crippen molar-refractivity contribution in [3.05, 3.63) is 47.2 Å². The largest absolute Gasteiger partial charge is 0.403 e. The Bertz CT molecular complexity index is 811. The van der Waals surface area contributed by atoms with Crippen LogP contribution in [-0.4, -0.2) is 25.9 Å². The maximum atomic E-state index is 12.0. The Labute approximate surface area is 130 Å². The van der Waals surface area contributed by atoms with Crippen molar-refractivity contribution >= 4 is 23.5 Å². The highest BCUT2D eigenvalue weighted by molar-refractivity contribution is 6.33. The van der Waals surface area contributed by atoms with Gasteiger partial charge in [-0.2, -0.15) is 5.10 Å². The van der Waals surface area contributed by atoms with Crippen molar-refractivity contribution in [1.82, 2.24) is 20.0 Å². The predicted molar refractivity (Wildman–Crippen MR) is 80.6 cm³/mol. The van der Waals surface area contributed by atoms with E-state index in [2.05, 4.69) is 20.6 Å². The molecule has 0 spiro atoms. The van der Waals surface area contributed by atoms with Gasteiger partial charge >= 0.3 is 6.01 Å². The van der Waals surface area contributed by atoms with Crippen LogP contribution in [-0.2, 0) is 6.54 Å². The summed E-state index contributed by atoms with van der Waals surface area (Å²) in [6.45, 7) is 2.62. The van der Waals surface area contributed by atoms with Crippen LogP contribution in [0.1, 0.15) is 17.4 Å². The maximum Gasteiger partial charge on any atom is 0.322 e. The molecule has 2 heterocycles. The van der Waals surface area contributed by atoms with Gasteiger partial charge in [0.05, 0.1) is 10.6 Å². The van der Waals surface area contributed by atoms with Crippen molar-refractivity contribution in [2.24, 2.45) is 0 Å². The molecule has 1 amide bonds. The molecular weight excluding hydrogens is 306 g/mol. The lowest BCUT2D eigenvalue weighted by Crippen LogP contribution is -2.13. The third-order valence-electron chi connectivity index (χ3n) is 2.95. The lowest BCUT2D eigenvalue weighted by Gasteiger charge is -1.98. The Morgan fingerprint density at radius 2 is 2.14 bits per heavy atom. The second-order valence-corrected chi connectivity index (χ2v) is 4.81. The van der Waals surface area contributed by atoms with Crippen LogP contribution in [0, 0.1) is 0 Å². The maximum absolute atomic E-state index is 12.0.